The van der Waals surface area contributed by atoms with Gasteiger partial charge in [0, 0.05) is 0 Å². The second-order valence-corrected chi connectivity index (χ2v) is 7.95. The van der Waals surface area contributed by atoms with E-state index in [1.165, 1.54) is 17.9 Å². The molecule has 1 heterocycles. The number of nitrogens with one attached hydrogen (secondary N) is 1. The summed E-state index contributed by atoms with van der Waals surface area (Å²) in [5, 5.41) is 12.4. The number of halogens is 1. The number of hydrogen-bond donors (Lipinski definition) is 1. The molecule has 2 aromatic carbocycles. The monoisotopic (exact) mass is 464 g/mol. The number of ether oxygens (including phenoxy) is 2. The first-order valence-corrected chi connectivity index (χ1v) is 10.9. The lowest BCUT2D eigenvalue weighted by atomic mass is 10.0. The van der Waals surface area contributed by atoms with Crippen LogP contribution in [0.2, 0.25) is 5.02 Å². The van der Waals surface area contributed by atoms with E-state index in [0.29, 0.717) is 41.2 Å². The molecule has 0 aliphatic carbocycles. The van der Waals surface area contributed by atoms with Crippen molar-refractivity contribution in [2.75, 3.05) is 13.2 Å². The second-order valence-electron chi connectivity index (χ2n) is 7.54. The van der Waals surface area contributed by atoms with Crippen LogP contribution in [0.15, 0.2) is 70.9 Å². The molecule has 3 aromatic rings. The van der Waals surface area contributed by atoms with Gasteiger partial charge in [0.1, 0.15) is 42.1 Å². The van der Waals surface area contributed by atoms with Gasteiger partial charge in [-0.05, 0) is 59.5 Å². The molecule has 0 saturated heterocycles. The summed E-state index contributed by atoms with van der Waals surface area (Å²) in [5.74, 6) is 1.85. The van der Waals surface area contributed by atoms with E-state index < -0.39 is 5.91 Å². The summed E-state index contributed by atoms with van der Waals surface area (Å²) >= 11 is 6.32. The average Bonchev–Trinajstić information content (AvgIpc) is 3.34. The smallest absolute Gasteiger partial charge is 0.262 e. The zero-order chi connectivity index (χ0) is 23.6. The first kappa shape index (κ1) is 24.0. The van der Waals surface area contributed by atoms with Crippen molar-refractivity contribution in [1.29, 1.82) is 5.26 Å². The highest BCUT2D eigenvalue weighted by atomic mass is 35.5. The molecule has 7 heteroatoms. The molecular weight excluding hydrogens is 440 g/mol. The van der Waals surface area contributed by atoms with E-state index in [9.17, 15) is 10.1 Å². The molecule has 1 N–H and O–H groups in total. The number of nitrogens with zero attached hydrogens (tertiary/aromatic N) is 1. The van der Waals surface area contributed by atoms with Crippen LogP contribution in [0, 0.1) is 11.3 Å². The number of carbonyl (C=O) groups excluding carboxylic acids is 1. The van der Waals surface area contributed by atoms with E-state index in [2.05, 4.69) is 31.3 Å². The number of nitriles is 1. The van der Waals surface area contributed by atoms with Crippen LogP contribution in [0.1, 0.15) is 36.7 Å². The summed E-state index contributed by atoms with van der Waals surface area (Å²) in [7, 11) is 0. The maximum absolute atomic E-state index is 12.3. The SMILES string of the molecule is CC(C)c1ccc(OCCOc2ccc(/C=C(\C#N)C(=O)NCc3ccco3)cc2Cl)cc1. The van der Waals surface area contributed by atoms with Gasteiger partial charge < -0.3 is 19.2 Å². The maximum atomic E-state index is 12.3. The lowest BCUT2D eigenvalue weighted by Crippen LogP contribution is -2.23. The van der Waals surface area contributed by atoms with Crippen LogP contribution in [0.4, 0.5) is 0 Å². The first-order chi connectivity index (χ1) is 16.0. The van der Waals surface area contributed by atoms with Crippen LogP contribution in [-0.4, -0.2) is 19.1 Å². The third-order valence-electron chi connectivity index (χ3n) is 4.79. The van der Waals surface area contributed by atoms with E-state index in [-0.39, 0.29) is 12.1 Å². The molecule has 0 radical (unpaired) electrons. The lowest BCUT2D eigenvalue weighted by Gasteiger charge is -2.11. The summed E-state index contributed by atoms with van der Waals surface area (Å²) in [5.41, 5.74) is 1.83. The van der Waals surface area contributed by atoms with Gasteiger partial charge in [-0.1, -0.05) is 43.6 Å². The van der Waals surface area contributed by atoms with Crippen molar-refractivity contribution in [3.05, 3.63) is 88.3 Å². The molecular formula is C26H25ClN2O4. The quantitative estimate of drug-likeness (QED) is 0.235. The van der Waals surface area contributed by atoms with Crippen molar-refractivity contribution in [3.63, 3.8) is 0 Å². The molecule has 6 nitrogen and oxygen atoms in total. The molecule has 0 fully saturated rings. The Labute approximate surface area is 198 Å². The van der Waals surface area contributed by atoms with Crippen LogP contribution in [0.3, 0.4) is 0 Å². The highest BCUT2D eigenvalue weighted by molar-refractivity contribution is 6.32. The fourth-order valence-corrected chi connectivity index (χ4v) is 3.22. The van der Waals surface area contributed by atoms with Crippen molar-refractivity contribution in [1.82, 2.24) is 5.32 Å². The molecule has 0 spiro atoms. The number of furan rings is 1. The topological polar surface area (TPSA) is 84.5 Å². The number of carbonyl (C=O) groups is 1. The summed E-state index contributed by atoms with van der Waals surface area (Å²) in [6, 6.07) is 18.4. The Morgan fingerprint density at radius 2 is 1.91 bits per heavy atom. The molecule has 170 valence electrons. The predicted octanol–water partition coefficient (Wildman–Crippen LogP) is 5.74. The first-order valence-electron chi connectivity index (χ1n) is 10.5. The van der Waals surface area contributed by atoms with Gasteiger partial charge in [-0.15, -0.1) is 0 Å². The van der Waals surface area contributed by atoms with E-state index in [0.717, 1.165) is 5.75 Å². The maximum Gasteiger partial charge on any atom is 0.262 e. The third kappa shape index (κ3) is 7.16. The van der Waals surface area contributed by atoms with Crippen LogP contribution >= 0.6 is 11.6 Å². The molecule has 0 aliphatic rings. The van der Waals surface area contributed by atoms with Gasteiger partial charge in [-0.25, -0.2) is 0 Å². The predicted molar refractivity (Wildman–Crippen MR) is 127 cm³/mol. The van der Waals surface area contributed by atoms with Gasteiger partial charge in [0.25, 0.3) is 5.91 Å². The van der Waals surface area contributed by atoms with Crippen molar-refractivity contribution in [2.24, 2.45) is 0 Å². The van der Waals surface area contributed by atoms with Gasteiger partial charge in [0.15, 0.2) is 0 Å². The number of amides is 1. The molecule has 33 heavy (non-hydrogen) atoms. The van der Waals surface area contributed by atoms with Crippen molar-refractivity contribution in [3.8, 4) is 17.6 Å². The number of rotatable bonds is 10. The zero-order valence-corrected chi connectivity index (χ0v) is 19.3. The summed E-state index contributed by atoms with van der Waals surface area (Å²) in [6.45, 7) is 5.18. The normalized spacial score (nSPS) is 11.2. The van der Waals surface area contributed by atoms with Crippen LogP contribution in [-0.2, 0) is 11.3 Å². The Hall–Kier alpha value is -3.69. The Bertz CT molecular complexity index is 1130. The van der Waals surface area contributed by atoms with Gasteiger partial charge in [-0.3, -0.25) is 4.79 Å². The minimum atomic E-state index is -0.496. The third-order valence-corrected chi connectivity index (χ3v) is 5.09. The molecule has 0 unspecified atom stereocenters. The Balaban J connectivity index is 1.51. The van der Waals surface area contributed by atoms with Crippen LogP contribution in [0.5, 0.6) is 11.5 Å². The second kappa shape index (κ2) is 11.8. The summed E-state index contributed by atoms with van der Waals surface area (Å²) in [4.78, 5) is 12.3. The Morgan fingerprint density at radius 1 is 1.15 bits per heavy atom. The Kier molecular flexibility index (Phi) is 8.56. The molecule has 1 amide bonds. The lowest BCUT2D eigenvalue weighted by molar-refractivity contribution is -0.117. The van der Waals surface area contributed by atoms with E-state index in [1.807, 2.05) is 18.2 Å². The Morgan fingerprint density at radius 3 is 2.55 bits per heavy atom. The van der Waals surface area contributed by atoms with Gasteiger partial charge in [0.2, 0.25) is 0 Å². The highest BCUT2D eigenvalue weighted by Gasteiger charge is 2.11. The largest absolute Gasteiger partial charge is 0.490 e. The van der Waals surface area contributed by atoms with Gasteiger partial charge in [0.05, 0.1) is 17.8 Å². The van der Waals surface area contributed by atoms with E-state index in [4.69, 9.17) is 25.5 Å². The molecule has 0 atom stereocenters. The summed E-state index contributed by atoms with van der Waals surface area (Å²) < 4.78 is 16.6. The minimum absolute atomic E-state index is 0.0387. The van der Waals surface area contributed by atoms with Crippen LogP contribution < -0.4 is 14.8 Å². The average molecular weight is 465 g/mol. The fraction of sp³-hybridized carbons (Fsp3) is 0.231. The minimum Gasteiger partial charge on any atom is -0.490 e. The van der Waals surface area contributed by atoms with E-state index in [1.54, 1.807) is 30.3 Å². The van der Waals surface area contributed by atoms with Gasteiger partial charge >= 0.3 is 0 Å². The van der Waals surface area contributed by atoms with Gasteiger partial charge in [-0.2, -0.15) is 5.26 Å². The number of hydrogen-bond acceptors (Lipinski definition) is 5. The fourth-order valence-electron chi connectivity index (χ4n) is 2.98. The molecule has 1 aromatic heterocycles. The molecule has 0 bridgehead atoms. The van der Waals surface area contributed by atoms with Crippen LogP contribution in [0.25, 0.3) is 6.08 Å². The van der Waals surface area contributed by atoms with E-state index >= 15 is 0 Å². The number of benzene rings is 2. The standard InChI is InChI=1S/C26H25ClN2O4/c1-18(2)20-6-8-22(9-7-20)32-12-13-33-25-10-5-19(15-24(25)27)14-21(16-28)26(30)29-17-23-4-3-11-31-23/h3-11,14-15,18H,12-13,17H2,1-2H3,(H,29,30)/b21-14+. The van der Waals surface area contributed by atoms with Crippen molar-refractivity contribution >= 4 is 23.6 Å². The van der Waals surface area contributed by atoms with Crippen molar-refractivity contribution < 1.29 is 18.7 Å². The molecule has 3 rings (SSSR count). The summed E-state index contributed by atoms with van der Waals surface area (Å²) in [6.07, 6.45) is 2.99. The zero-order valence-electron chi connectivity index (χ0n) is 18.5. The molecule has 0 saturated carbocycles. The van der Waals surface area contributed by atoms with Crippen molar-refractivity contribution in [2.45, 2.75) is 26.3 Å². The highest BCUT2D eigenvalue weighted by Crippen LogP contribution is 2.26. The molecule has 0 aliphatic heterocycles.